The monoisotopic (exact) mass is 283 g/mol. The van der Waals surface area contributed by atoms with E-state index >= 15 is 0 Å². The lowest BCUT2D eigenvalue weighted by atomic mass is 9.86. The van der Waals surface area contributed by atoms with Crippen LogP contribution in [0.2, 0.25) is 0 Å². The van der Waals surface area contributed by atoms with E-state index in [4.69, 9.17) is 4.74 Å². The molecule has 3 rings (SSSR count). The van der Waals surface area contributed by atoms with E-state index in [2.05, 4.69) is 61.6 Å². The van der Waals surface area contributed by atoms with Crippen LogP contribution in [0.15, 0.2) is 42.5 Å². The van der Waals surface area contributed by atoms with Gasteiger partial charge in [-0.3, -0.25) is 0 Å². The van der Waals surface area contributed by atoms with Gasteiger partial charge in [-0.15, -0.1) is 0 Å². The van der Waals surface area contributed by atoms with Gasteiger partial charge >= 0.3 is 0 Å². The predicted octanol–water partition coefficient (Wildman–Crippen LogP) is 4.31. The molecule has 0 bridgehead atoms. The van der Waals surface area contributed by atoms with Crippen molar-refractivity contribution in [3.05, 3.63) is 48.0 Å². The molecule has 1 fully saturated rings. The third-order valence-electron chi connectivity index (χ3n) is 4.65. The SMILES string of the molecule is CCNC(c1ccc2ccccc2c1)C1CCOC1CC. The van der Waals surface area contributed by atoms with Crippen molar-refractivity contribution in [1.82, 2.24) is 5.32 Å². The van der Waals surface area contributed by atoms with Gasteiger partial charge in [-0.2, -0.15) is 0 Å². The highest BCUT2D eigenvalue weighted by atomic mass is 16.5. The van der Waals surface area contributed by atoms with Gasteiger partial charge in [0.05, 0.1) is 6.10 Å². The van der Waals surface area contributed by atoms with Crippen LogP contribution >= 0.6 is 0 Å². The fourth-order valence-electron chi connectivity index (χ4n) is 3.60. The molecule has 1 aliphatic heterocycles. The van der Waals surface area contributed by atoms with E-state index in [0.717, 1.165) is 26.0 Å². The van der Waals surface area contributed by atoms with E-state index in [1.165, 1.54) is 16.3 Å². The summed E-state index contributed by atoms with van der Waals surface area (Å²) in [5, 5.41) is 6.33. The second-order valence-electron chi connectivity index (χ2n) is 5.91. The van der Waals surface area contributed by atoms with Gasteiger partial charge in [0.25, 0.3) is 0 Å². The van der Waals surface area contributed by atoms with Crippen LogP contribution in [0.3, 0.4) is 0 Å². The maximum Gasteiger partial charge on any atom is 0.0619 e. The summed E-state index contributed by atoms with van der Waals surface area (Å²) in [7, 11) is 0. The molecule has 1 aliphatic rings. The number of nitrogens with one attached hydrogen (secondary N) is 1. The number of benzene rings is 2. The fourth-order valence-corrected chi connectivity index (χ4v) is 3.60. The van der Waals surface area contributed by atoms with E-state index in [1.54, 1.807) is 0 Å². The summed E-state index contributed by atoms with van der Waals surface area (Å²) < 4.78 is 5.91. The fraction of sp³-hybridized carbons (Fsp3) is 0.474. The van der Waals surface area contributed by atoms with Gasteiger partial charge in [-0.1, -0.05) is 50.2 Å². The molecule has 2 aromatic rings. The Kier molecular flexibility index (Phi) is 4.57. The third-order valence-corrected chi connectivity index (χ3v) is 4.65. The Morgan fingerprint density at radius 3 is 2.71 bits per heavy atom. The van der Waals surface area contributed by atoms with Gasteiger partial charge < -0.3 is 10.1 Å². The van der Waals surface area contributed by atoms with E-state index < -0.39 is 0 Å². The zero-order valence-corrected chi connectivity index (χ0v) is 13.0. The summed E-state index contributed by atoms with van der Waals surface area (Å²) in [5.74, 6) is 0.580. The highest BCUT2D eigenvalue weighted by molar-refractivity contribution is 5.83. The normalized spacial score (nSPS) is 23.5. The van der Waals surface area contributed by atoms with Crippen molar-refractivity contribution in [3.63, 3.8) is 0 Å². The zero-order valence-electron chi connectivity index (χ0n) is 13.0. The number of hydrogen-bond donors (Lipinski definition) is 1. The Morgan fingerprint density at radius 2 is 1.95 bits per heavy atom. The highest BCUT2D eigenvalue weighted by Crippen LogP contribution is 2.35. The topological polar surface area (TPSA) is 21.3 Å². The maximum absolute atomic E-state index is 5.91. The summed E-state index contributed by atoms with van der Waals surface area (Å²) in [6, 6.07) is 15.8. The number of rotatable bonds is 5. The number of hydrogen-bond acceptors (Lipinski definition) is 2. The van der Waals surface area contributed by atoms with Crippen molar-refractivity contribution < 1.29 is 4.74 Å². The summed E-state index contributed by atoms with van der Waals surface area (Å²) in [4.78, 5) is 0. The molecule has 2 nitrogen and oxygen atoms in total. The van der Waals surface area contributed by atoms with Crippen LogP contribution in [0, 0.1) is 5.92 Å². The van der Waals surface area contributed by atoms with Gasteiger partial charge in [0.1, 0.15) is 0 Å². The largest absolute Gasteiger partial charge is 0.378 e. The molecule has 0 radical (unpaired) electrons. The van der Waals surface area contributed by atoms with Crippen molar-refractivity contribution in [2.24, 2.45) is 5.92 Å². The molecule has 1 saturated heterocycles. The van der Waals surface area contributed by atoms with E-state index in [0.29, 0.717) is 18.1 Å². The molecule has 0 aliphatic carbocycles. The van der Waals surface area contributed by atoms with Gasteiger partial charge in [-0.25, -0.2) is 0 Å². The van der Waals surface area contributed by atoms with Crippen LogP contribution in [-0.2, 0) is 4.74 Å². The minimum absolute atomic E-state index is 0.389. The van der Waals surface area contributed by atoms with Crippen LogP contribution < -0.4 is 5.32 Å². The second kappa shape index (κ2) is 6.59. The summed E-state index contributed by atoms with van der Waals surface area (Å²) in [6.07, 6.45) is 2.64. The number of fused-ring (bicyclic) bond motifs is 1. The molecule has 3 atom stereocenters. The van der Waals surface area contributed by atoms with Crippen LogP contribution in [0.4, 0.5) is 0 Å². The van der Waals surface area contributed by atoms with Gasteiger partial charge in [0.2, 0.25) is 0 Å². The second-order valence-corrected chi connectivity index (χ2v) is 5.91. The molecule has 0 saturated carbocycles. The van der Waals surface area contributed by atoms with E-state index in [-0.39, 0.29) is 0 Å². The third kappa shape index (κ3) is 2.97. The van der Waals surface area contributed by atoms with Crippen LogP contribution in [-0.4, -0.2) is 19.3 Å². The molecule has 1 heterocycles. The Hall–Kier alpha value is -1.38. The highest BCUT2D eigenvalue weighted by Gasteiger charge is 2.34. The van der Waals surface area contributed by atoms with Crippen molar-refractivity contribution in [3.8, 4) is 0 Å². The lowest BCUT2D eigenvalue weighted by Gasteiger charge is -2.28. The zero-order chi connectivity index (χ0) is 14.7. The van der Waals surface area contributed by atoms with Crippen molar-refractivity contribution in [2.45, 2.75) is 38.8 Å². The lowest BCUT2D eigenvalue weighted by molar-refractivity contribution is 0.0776. The molecule has 3 unspecified atom stereocenters. The Labute approximate surface area is 127 Å². The molecule has 2 aromatic carbocycles. The molecule has 2 heteroatoms. The molecule has 0 amide bonds. The Morgan fingerprint density at radius 1 is 1.14 bits per heavy atom. The molecular weight excluding hydrogens is 258 g/mol. The average molecular weight is 283 g/mol. The van der Waals surface area contributed by atoms with Crippen LogP contribution in [0.5, 0.6) is 0 Å². The van der Waals surface area contributed by atoms with Crippen molar-refractivity contribution in [2.75, 3.05) is 13.2 Å². The molecule has 112 valence electrons. The van der Waals surface area contributed by atoms with Crippen molar-refractivity contribution >= 4 is 10.8 Å². The smallest absolute Gasteiger partial charge is 0.0619 e. The lowest BCUT2D eigenvalue weighted by Crippen LogP contribution is -2.32. The van der Waals surface area contributed by atoms with Gasteiger partial charge in [0, 0.05) is 18.6 Å². The minimum Gasteiger partial charge on any atom is -0.378 e. The Balaban J connectivity index is 1.94. The first-order valence-electron chi connectivity index (χ1n) is 8.17. The van der Waals surface area contributed by atoms with E-state index in [9.17, 15) is 0 Å². The van der Waals surface area contributed by atoms with Gasteiger partial charge in [0.15, 0.2) is 0 Å². The average Bonchev–Trinajstić information content (AvgIpc) is 3.00. The summed E-state index contributed by atoms with van der Waals surface area (Å²) >= 11 is 0. The van der Waals surface area contributed by atoms with Crippen LogP contribution in [0.25, 0.3) is 10.8 Å². The molecule has 21 heavy (non-hydrogen) atoms. The first-order valence-corrected chi connectivity index (χ1v) is 8.17. The minimum atomic E-state index is 0.389. The predicted molar refractivity (Wildman–Crippen MR) is 88.5 cm³/mol. The first-order chi connectivity index (χ1) is 10.3. The molecule has 1 N–H and O–H groups in total. The maximum atomic E-state index is 5.91. The Bertz CT molecular complexity index is 595. The molecular formula is C19H25NO. The summed E-state index contributed by atoms with van der Waals surface area (Å²) in [5.41, 5.74) is 1.39. The quantitative estimate of drug-likeness (QED) is 0.883. The first kappa shape index (κ1) is 14.6. The van der Waals surface area contributed by atoms with E-state index in [1.807, 2.05) is 0 Å². The van der Waals surface area contributed by atoms with Crippen LogP contribution in [0.1, 0.15) is 38.3 Å². The molecule has 0 spiro atoms. The standard InChI is InChI=1S/C19H25NO/c1-3-18-17(11-12-21-18)19(20-4-2)16-10-9-14-7-5-6-8-15(14)13-16/h5-10,13,17-20H,3-4,11-12H2,1-2H3. The number of ether oxygens (including phenoxy) is 1. The van der Waals surface area contributed by atoms with Crippen molar-refractivity contribution in [1.29, 1.82) is 0 Å². The van der Waals surface area contributed by atoms with Gasteiger partial charge in [-0.05, 0) is 41.8 Å². The summed E-state index contributed by atoms with van der Waals surface area (Å²) in [6.45, 7) is 6.31. The molecule has 0 aromatic heterocycles.